The molecule has 0 aromatic heterocycles. The van der Waals surface area contributed by atoms with Crippen LogP contribution in [0.2, 0.25) is 5.02 Å². The van der Waals surface area contributed by atoms with E-state index < -0.39 is 17.4 Å². The molecule has 5 nitrogen and oxygen atoms in total. The molecule has 3 N–H and O–H groups in total. The highest BCUT2D eigenvalue weighted by Gasteiger charge is 2.35. The lowest BCUT2D eigenvalue weighted by Crippen LogP contribution is -2.43. The first-order valence-electron chi connectivity index (χ1n) is 6.89. The molecule has 1 rings (SSSR count). The van der Waals surface area contributed by atoms with Gasteiger partial charge in [0.05, 0.1) is 16.1 Å². The lowest BCUT2D eigenvalue weighted by molar-refractivity contribution is -0.149. The molecule has 0 spiro atoms. The van der Waals surface area contributed by atoms with Gasteiger partial charge in [0.15, 0.2) is 0 Å². The summed E-state index contributed by atoms with van der Waals surface area (Å²) in [5, 5.41) is 15.0. The fourth-order valence-electron chi connectivity index (χ4n) is 2.03. The molecule has 2 amide bonds. The Labute approximate surface area is 129 Å². The van der Waals surface area contributed by atoms with E-state index in [4.69, 9.17) is 11.6 Å². The number of aliphatic carboxylic acids is 1. The van der Waals surface area contributed by atoms with Gasteiger partial charge in [-0.2, -0.15) is 0 Å². The molecular formula is C15H21ClN2O3. The van der Waals surface area contributed by atoms with Crippen molar-refractivity contribution in [3.63, 3.8) is 0 Å². The molecule has 1 aromatic rings. The van der Waals surface area contributed by atoms with Gasteiger partial charge >= 0.3 is 12.0 Å². The topological polar surface area (TPSA) is 78.4 Å². The monoisotopic (exact) mass is 312 g/mol. The Hall–Kier alpha value is -1.75. The third-order valence-electron chi connectivity index (χ3n) is 3.76. The van der Waals surface area contributed by atoms with Gasteiger partial charge in [0.25, 0.3) is 0 Å². The Morgan fingerprint density at radius 2 is 1.90 bits per heavy atom. The second-order valence-electron chi connectivity index (χ2n) is 5.08. The van der Waals surface area contributed by atoms with E-state index >= 15 is 0 Å². The minimum Gasteiger partial charge on any atom is -0.481 e. The molecule has 0 bridgehead atoms. The largest absolute Gasteiger partial charge is 0.481 e. The highest BCUT2D eigenvalue weighted by molar-refractivity contribution is 6.33. The zero-order chi connectivity index (χ0) is 16.0. The fourth-order valence-corrected chi connectivity index (χ4v) is 2.19. The smallest absolute Gasteiger partial charge is 0.319 e. The van der Waals surface area contributed by atoms with Gasteiger partial charge in [0.2, 0.25) is 0 Å². The second kappa shape index (κ2) is 7.31. The maximum atomic E-state index is 11.9. The van der Waals surface area contributed by atoms with Crippen LogP contribution in [0.1, 0.15) is 32.3 Å². The summed E-state index contributed by atoms with van der Waals surface area (Å²) in [4.78, 5) is 23.3. The summed E-state index contributed by atoms with van der Waals surface area (Å²) in [5.74, 6) is -0.901. The molecule has 1 aromatic carbocycles. The lowest BCUT2D eigenvalue weighted by Gasteiger charge is -2.26. The SMILES string of the molecule is CCC(CC)(CNC(=O)Nc1cc(C)ccc1Cl)C(=O)O. The molecule has 0 unspecified atom stereocenters. The number of nitrogens with one attached hydrogen (secondary N) is 2. The second-order valence-corrected chi connectivity index (χ2v) is 5.49. The van der Waals surface area contributed by atoms with Crippen LogP contribution in [0.4, 0.5) is 10.5 Å². The molecule has 0 saturated carbocycles. The number of benzene rings is 1. The molecule has 0 heterocycles. The van der Waals surface area contributed by atoms with Gasteiger partial charge in [-0.05, 0) is 37.5 Å². The first kappa shape index (κ1) is 17.3. The van der Waals surface area contributed by atoms with Crippen molar-refractivity contribution in [1.29, 1.82) is 0 Å². The van der Waals surface area contributed by atoms with Crippen molar-refractivity contribution < 1.29 is 14.7 Å². The summed E-state index contributed by atoms with van der Waals surface area (Å²) in [6, 6.07) is 4.84. The van der Waals surface area contributed by atoms with Crippen molar-refractivity contribution >= 4 is 29.3 Å². The first-order chi connectivity index (χ1) is 9.84. The number of hydrogen-bond donors (Lipinski definition) is 3. The molecule has 21 heavy (non-hydrogen) atoms. The molecule has 0 aliphatic heterocycles. The van der Waals surface area contributed by atoms with Gasteiger partial charge in [-0.1, -0.05) is 31.5 Å². The zero-order valence-corrected chi connectivity index (χ0v) is 13.3. The van der Waals surface area contributed by atoms with E-state index in [2.05, 4.69) is 10.6 Å². The molecule has 116 valence electrons. The summed E-state index contributed by atoms with van der Waals surface area (Å²) in [6.45, 7) is 5.57. The molecule has 0 atom stereocenters. The van der Waals surface area contributed by atoms with Gasteiger partial charge in [-0.15, -0.1) is 0 Å². The van der Waals surface area contributed by atoms with Crippen LogP contribution in [-0.4, -0.2) is 23.7 Å². The summed E-state index contributed by atoms with van der Waals surface area (Å²) >= 11 is 6.00. The number of amides is 2. The fraction of sp³-hybridized carbons (Fsp3) is 0.467. The van der Waals surface area contributed by atoms with Crippen LogP contribution in [0.3, 0.4) is 0 Å². The lowest BCUT2D eigenvalue weighted by atomic mass is 9.82. The molecule has 6 heteroatoms. The number of carboxylic acids is 1. The number of anilines is 1. The molecular weight excluding hydrogens is 292 g/mol. The Morgan fingerprint density at radius 1 is 1.29 bits per heavy atom. The first-order valence-corrected chi connectivity index (χ1v) is 7.27. The predicted octanol–water partition coefficient (Wildman–Crippen LogP) is 3.66. The van der Waals surface area contributed by atoms with E-state index in [0.717, 1.165) is 5.56 Å². The van der Waals surface area contributed by atoms with Crippen LogP contribution >= 0.6 is 11.6 Å². The maximum Gasteiger partial charge on any atom is 0.319 e. The Kier molecular flexibility index (Phi) is 6.03. The minimum atomic E-state index is -0.937. The van der Waals surface area contributed by atoms with Crippen LogP contribution in [-0.2, 0) is 4.79 Å². The van der Waals surface area contributed by atoms with Gasteiger partial charge in [0.1, 0.15) is 0 Å². The van der Waals surface area contributed by atoms with Gasteiger partial charge in [-0.3, -0.25) is 4.79 Å². The minimum absolute atomic E-state index is 0.0740. The third-order valence-corrected chi connectivity index (χ3v) is 4.09. The van der Waals surface area contributed by atoms with E-state index in [9.17, 15) is 14.7 Å². The molecule has 0 fully saturated rings. The standard InChI is InChI=1S/C15H21ClN2O3/c1-4-15(5-2,13(19)20)9-17-14(21)18-12-8-10(3)6-7-11(12)16/h6-8H,4-5,9H2,1-3H3,(H,19,20)(H2,17,18,21). The summed E-state index contributed by atoms with van der Waals surface area (Å²) in [6.07, 6.45) is 0.897. The van der Waals surface area contributed by atoms with Crippen LogP contribution in [0.25, 0.3) is 0 Å². The normalized spacial score (nSPS) is 11.0. The zero-order valence-electron chi connectivity index (χ0n) is 12.5. The van der Waals surface area contributed by atoms with Crippen molar-refractivity contribution in [2.45, 2.75) is 33.6 Å². The quantitative estimate of drug-likeness (QED) is 0.750. The van der Waals surface area contributed by atoms with E-state index in [0.29, 0.717) is 23.6 Å². The van der Waals surface area contributed by atoms with Crippen LogP contribution < -0.4 is 10.6 Å². The van der Waals surface area contributed by atoms with Crippen molar-refractivity contribution in [2.24, 2.45) is 5.41 Å². The number of carbonyl (C=O) groups is 2. The molecule has 0 aliphatic rings. The van der Waals surface area contributed by atoms with Crippen molar-refractivity contribution in [3.8, 4) is 0 Å². The number of rotatable bonds is 6. The van der Waals surface area contributed by atoms with E-state index in [1.807, 2.05) is 13.0 Å². The Morgan fingerprint density at radius 3 is 2.43 bits per heavy atom. The van der Waals surface area contributed by atoms with E-state index in [1.54, 1.807) is 26.0 Å². The summed E-state index contributed by atoms with van der Waals surface area (Å²) in [5.41, 5.74) is 0.535. The van der Waals surface area contributed by atoms with Gasteiger partial charge in [-0.25, -0.2) is 4.79 Å². The van der Waals surface area contributed by atoms with Crippen molar-refractivity contribution in [3.05, 3.63) is 28.8 Å². The van der Waals surface area contributed by atoms with E-state index in [1.165, 1.54) is 0 Å². The highest BCUT2D eigenvalue weighted by atomic mass is 35.5. The summed E-state index contributed by atoms with van der Waals surface area (Å²) in [7, 11) is 0. The number of aryl methyl sites for hydroxylation is 1. The van der Waals surface area contributed by atoms with Gasteiger partial charge in [0, 0.05) is 6.54 Å². The van der Waals surface area contributed by atoms with Crippen LogP contribution in [0.5, 0.6) is 0 Å². The predicted molar refractivity (Wildman–Crippen MR) is 83.9 cm³/mol. The average molecular weight is 313 g/mol. The number of hydrogen-bond acceptors (Lipinski definition) is 2. The molecule has 0 radical (unpaired) electrons. The average Bonchev–Trinajstić information content (AvgIpc) is 2.44. The van der Waals surface area contributed by atoms with E-state index in [-0.39, 0.29) is 6.54 Å². The van der Waals surface area contributed by atoms with Crippen LogP contribution in [0, 0.1) is 12.3 Å². The van der Waals surface area contributed by atoms with Gasteiger partial charge < -0.3 is 15.7 Å². The molecule has 0 aliphatic carbocycles. The summed E-state index contributed by atoms with van der Waals surface area (Å²) < 4.78 is 0. The Balaban J connectivity index is 2.70. The highest BCUT2D eigenvalue weighted by Crippen LogP contribution is 2.26. The van der Waals surface area contributed by atoms with Crippen molar-refractivity contribution in [2.75, 3.05) is 11.9 Å². The maximum absolute atomic E-state index is 11.9. The number of urea groups is 1. The number of carbonyl (C=O) groups excluding carboxylic acids is 1. The van der Waals surface area contributed by atoms with Crippen molar-refractivity contribution in [1.82, 2.24) is 5.32 Å². The molecule has 0 saturated heterocycles. The Bertz CT molecular complexity index is 528. The van der Waals surface area contributed by atoms with Crippen LogP contribution in [0.15, 0.2) is 18.2 Å². The third kappa shape index (κ3) is 4.36. The number of halogens is 1. The number of carboxylic acid groups (broad SMARTS) is 1.